The van der Waals surface area contributed by atoms with Crippen LogP contribution in [0.4, 0.5) is 0 Å². The van der Waals surface area contributed by atoms with E-state index in [1.54, 1.807) is 6.26 Å². The molecule has 0 spiro atoms. The van der Waals surface area contributed by atoms with Gasteiger partial charge < -0.3 is 5.11 Å². The zero-order valence-electron chi connectivity index (χ0n) is 6.02. The van der Waals surface area contributed by atoms with Crippen molar-refractivity contribution < 1.29 is 14.8 Å². The van der Waals surface area contributed by atoms with Crippen LogP contribution in [0.15, 0.2) is 0 Å². The molecule has 0 saturated carbocycles. The third-order valence-electron chi connectivity index (χ3n) is 1.13. The monoisotopic (exact) mass is 179 g/mol. The maximum Gasteiger partial charge on any atom is 0.379 e. The highest BCUT2D eigenvalue weighted by atomic mass is 32.2. The predicted molar refractivity (Wildman–Crippen MR) is 41.4 cm³/mol. The van der Waals surface area contributed by atoms with E-state index in [9.17, 15) is 14.9 Å². The predicted octanol–water partition coefficient (Wildman–Crippen LogP) is 0.469. The molecule has 0 saturated heterocycles. The Kier molecular flexibility index (Phi) is 4.60. The third-order valence-corrected chi connectivity index (χ3v) is 1.78. The van der Waals surface area contributed by atoms with E-state index in [0.717, 1.165) is 0 Å². The Morgan fingerprint density at radius 3 is 2.64 bits per heavy atom. The van der Waals surface area contributed by atoms with E-state index in [0.29, 0.717) is 5.75 Å². The second-order valence-electron chi connectivity index (χ2n) is 1.92. The van der Waals surface area contributed by atoms with Gasteiger partial charge in [0.25, 0.3) is 0 Å². The zero-order valence-corrected chi connectivity index (χ0v) is 6.84. The molecule has 0 unspecified atom stereocenters. The van der Waals surface area contributed by atoms with Crippen LogP contribution in [0, 0.1) is 10.1 Å². The first kappa shape index (κ1) is 10.2. The summed E-state index contributed by atoms with van der Waals surface area (Å²) in [5.74, 6) is -0.859. The average Bonchev–Trinajstić information content (AvgIpc) is 1.87. The zero-order chi connectivity index (χ0) is 8.85. The lowest BCUT2D eigenvalue weighted by Gasteiger charge is -2.01. The van der Waals surface area contributed by atoms with Gasteiger partial charge in [-0.2, -0.15) is 11.8 Å². The van der Waals surface area contributed by atoms with E-state index >= 15 is 0 Å². The molecule has 0 aliphatic carbocycles. The first-order valence-electron chi connectivity index (χ1n) is 2.94. The van der Waals surface area contributed by atoms with E-state index in [-0.39, 0.29) is 6.42 Å². The summed E-state index contributed by atoms with van der Waals surface area (Å²) in [4.78, 5) is 19.5. The molecule has 0 aromatic heterocycles. The minimum atomic E-state index is -1.44. The number of aliphatic carboxylic acids is 1. The normalized spacial score (nSPS) is 12.5. The van der Waals surface area contributed by atoms with Crippen LogP contribution < -0.4 is 0 Å². The van der Waals surface area contributed by atoms with Crippen LogP contribution in [0.1, 0.15) is 6.42 Å². The number of carboxylic acids is 1. The van der Waals surface area contributed by atoms with Gasteiger partial charge in [0.05, 0.1) is 0 Å². The molecule has 0 heterocycles. The summed E-state index contributed by atoms with van der Waals surface area (Å²) < 4.78 is 0. The Labute approximate surface area is 67.9 Å². The smallest absolute Gasteiger partial charge is 0.379 e. The Hall–Kier alpha value is -0.780. The van der Waals surface area contributed by atoms with Crippen LogP contribution in [0.2, 0.25) is 0 Å². The van der Waals surface area contributed by atoms with Crippen molar-refractivity contribution in [3.8, 4) is 0 Å². The van der Waals surface area contributed by atoms with Gasteiger partial charge >= 0.3 is 12.0 Å². The van der Waals surface area contributed by atoms with Gasteiger partial charge in [-0.25, -0.2) is 4.79 Å². The number of carbonyl (C=O) groups is 1. The molecule has 0 bridgehead atoms. The largest absolute Gasteiger partial charge is 0.476 e. The van der Waals surface area contributed by atoms with Gasteiger partial charge in [0.15, 0.2) is 0 Å². The molecule has 6 heteroatoms. The maximum absolute atomic E-state index is 10.2. The lowest BCUT2D eigenvalue weighted by atomic mass is 10.2. The van der Waals surface area contributed by atoms with Crippen molar-refractivity contribution in [3.05, 3.63) is 10.1 Å². The molecule has 0 rings (SSSR count). The van der Waals surface area contributed by atoms with Gasteiger partial charge in [-0.1, -0.05) is 0 Å². The number of hydrogen-bond donors (Lipinski definition) is 1. The fourth-order valence-electron chi connectivity index (χ4n) is 0.549. The lowest BCUT2D eigenvalue weighted by Crippen LogP contribution is -2.29. The van der Waals surface area contributed by atoms with Crippen molar-refractivity contribution in [2.24, 2.45) is 0 Å². The van der Waals surface area contributed by atoms with Gasteiger partial charge in [0.2, 0.25) is 0 Å². The number of thioether (sulfide) groups is 1. The lowest BCUT2D eigenvalue weighted by molar-refractivity contribution is -0.510. The topological polar surface area (TPSA) is 80.4 Å². The van der Waals surface area contributed by atoms with Crippen LogP contribution in [0.25, 0.3) is 0 Å². The second-order valence-corrected chi connectivity index (χ2v) is 2.91. The van der Waals surface area contributed by atoms with Gasteiger partial charge in [-0.3, -0.25) is 10.1 Å². The highest BCUT2D eigenvalue weighted by molar-refractivity contribution is 7.98. The van der Waals surface area contributed by atoms with Crippen molar-refractivity contribution in [3.63, 3.8) is 0 Å². The number of carboxylic acid groups (broad SMARTS) is 1. The molecule has 1 N–H and O–H groups in total. The van der Waals surface area contributed by atoms with E-state index in [1.807, 2.05) is 0 Å². The van der Waals surface area contributed by atoms with Crippen molar-refractivity contribution in [1.82, 2.24) is 0 Å². The first-order chi connectivity index (χ1) is 5.09. The van der Waals surface area contributed by atoms with Crippen molar-refractivity contribution in [2.45, 2.75) is 12.5 Å². The number of hydrogen-bond acceptors (Lipinski definition) is 4. The number of nitro groups is 1. The summed E-state index contributed by atoms with van der Waals surface area (Å²) in [6, 6.07) is -1.44. The highest BCUT2D eigenvalue weighted by Gasteiger charge is 2.27. The fourth-order valence-corrected chi connectivity index (χ4v) is 1.01. The van der Waals surface area contributed by atoms with Crippen LogP contribution in [-0.4, -0.2) is 34.0 Å². The van der Waals surface area contributed by atoms with E-state index in [4.69, 9.17) is 5.11 Å². The summed E-state index contributed by atoms with van der Waals surface area (Å²) in [5, 5.41) is 18.4. The molecule has 0 aromatic carbocycles. The quantitative estimate of drug-likeness (QED) is 0.490. The fraction of sp³-hybridized carbons (Fsp3) is 0.800. The molecule has 0 aliphatic rings. The molecular weight excluding hydrogens is 170 g/mol. The molecule has 0 aliphatic heterocycles. The molecule has 0 amide bonds. The Morgan fingerprint density at radius 2 is 2.36 bits per heavy atom. The average molecular weight is 179 g/mol. The standard InChI is InChI=1S/C5H9NO4S/c1-11-3-2-4(5(7)8)6(9)10/h4H,2-3H2,1H3,(H,7,8)/t4-/m0/s1. The highest BCUT2D eigenvalue weighted by Crippen LogP contribution is 2.03. The van der Waals surface area contributed by atoms with Crippen molar-refractivity contribution in [2.75, 3.05) is 12.0 Å². The minimum Gasteiger partial charge on any atom is -0.476 e. The molecule has 0 radical (unpaired) electrons. The molecule has 1 atom stereocenters. The molecule has 0 aromatic rings. The summed E-state index contributed by atoms with van der Waals surface area (Å²) in [7, 11) is 0. The summed E-state index contributed by atoms with van der Waals surface area (Å²) >= 11 is 1.40. The van der Waals surface area contributed by atoms with Crippen LogP contribution in [-0.2, 0) is 4.79 Å². The molecular formula is C5H9NO4S. The van der Waals surface area contributed by atoms with E-state index in [2.05, 4.69) is 0 Å². The van der Waals surface area contributed by atoms with Crippen LogP contribution >= 0.6 is 11.8 Å². The van der Waals surface area contributed by atoms with Crippen molar-refractivity contribution in [1.29, 1.82) is 0 Å². The maximum atomic E-state index is 10.2. The van der Waals surface area contributed by atoms with Gasteiger partial charge in [-0.15, -0.1) is 0 Å². The molecule has 0 fully saturated rings. The first-order valence-corrected chi connectivity index (χ1v) is 4.34. The molecule has 64 valence electrons. The second kappa shape index (κ2) is 4.95. The Bertz CT molecular complexity index is 147. The molecule has 11 heavy (non-hydrogen) atoms. The number of rotatable bonds is 5. The van der Waals surface area contributed by atoms with Crippen molar-refractivity contribution >= 4 is 17.7 Å². The van der Waals surface area contributed by atoms with Crippen LogP contribution in [0.5, 0.6) is 0 Å². The summed E-state index contributed by atoms with van der Waals surface area (Å²) in [6.07, 6.45) is 1.86. The van der Waals surface area contributed by atoms with Gasteiger partial charge in [0.1, 0.15) is 0 Å². The van der Waals surface area contributed by atoms with Gasteiger partial charge in [-0.05, 0) is 6.26 Å². The Balaban J connectivity index is 3.90. The summed E-state index contributed by atoms with van der Waals surface area (Å²) in [5.41, 5.74) is 0. The van der Waals surface area contributed by atoms with E-state index < -0.39 is 16.9 Å². The van der Waals surface area contributed by atoms with E-state index in [1.165, 1.54) is 11.8 Å². The van der Waals surface area contributed by atoms with Crippen LogP contribution in [0.3, 0.4) is 0 Å². The molecule has 5 nitrogen and oxygen atoms in total. The Morgan fingerprint density at radius 1 is 1.82 bits per heavy atom. The van der Waals surface area contributed by atoms with Gasteiger partial charge in [0, 0.05) is 17.1 Å². The summed E-state index contributed by atoms with van der Waals surface area (Å²) in [6.45, 7) is 0. The third kappa shape index (κ3) is 3.82. The SMILES string of the molecule is CSCC[C@@H](C(=O)O)[N+](=O)[O-]. The number of nitrogens with zero attached hydrogens (tertiary/aromatic N) is 1. The minimum absolute atomic E-state index is 0.0868.